The summed E-state index contributed by atoms with van der Waals surface area (Å²) in [7, 11) is 0. The Kier molecular flexibility index (Phi) is 5.29. The first-order chi connectivity index (χ1) is 9.04. The minimum atomic E-state index is -1.35. The molecule has 2 N–H and O–H groups in total. The Bertz CT molecular complexity index is 525. The Labute approximate surface area is 108 Å². The average Bonchev–Trinajstić information content (AvgIpc) is 2.37. The Balaban J connectivity index is 2.60. The topological polar surface area (TPSA) is 99.4 Å². The SMILES string of the molecule is N#CCCNC(=O)COc1ccc(F)cc1C(=O)O. The van der Waals surface area contributed by atoms with Gasteiger partial charge in [-0.15, -0.1) is 0 Å². The first kappa shape index (κ1) is 14.4. The van der Waals surface area contributed by atoms with Crippen molar-refractivity contribution < 1.29 is 23.8 Å². The number of carbonyl (C=O) groups is 2. The summed E-state index contributed by atoms with van der Waals surface area (Å²) in [5.74, 6) is -2.64. The molecule has 100 valence electrons. The number of benzene rings is 1. The van der Waals surface area contributed by atoms with E-state index < -0.39 is 24.3 Å². The van der Waals surface area contributed by atoms with Gasteiger partial charge >= 0.3 is 5.97 Å². The summed E-state index contributed by atoms with van der Waals surface area (Å²) in [5.41, 5.74) is -0.357. The van der Waals surface area contributed by atoms with E-state index in [4.69, 9.17) is 15.1 Å². The summed E-state index contributed by atoms with van der Waals surface area (Å²) in [6, 6.07) is 4.84. The molecule has 1 aromatic carbocycles. The number of nitrogens with zero attached hydrogens (tertiary/aromatic N) is 1. The molecule has 19 heavy (non-hydrogen) atoms. The van der Waals surface area contributed by atoms with E-state index in [2.05, 4.69) is 5.32 Å². The van der Waals surface area contributed by atoms with E-state index in [9.17, 15) is 14.0 Å². The lowest BCUT2D eigenvalue weighted by Crippen LogP contribution is -2.29. The predicted molar refractivity (Wildman–Crippen MR) is 62.1 cm³/mol. The van der Waals surface area contributed by atoms with Crippen LogP contribution in [0.3, 0.4) is 0 Å². The molecule has 0 atom stereocenters. The smallest absolute Gasteiger partial charge is 0.339 e. The van der Waals surface area contributed by atoms with Gasteiger partial charge in [0.2, 0.25) is 0 Å². The van der Waals surface area contributed by atoms with Crippen molar-refractivity contribution in [1.29, 1.82) is 5.26 Å². The number of nitrogens with one attached hydrogen (secondary N) is 1. The average molecular weight is 266 g/mol. The summed E-state index contributed by atoms with van der Waals surface area (Å²) >= 11 is 0. The molecular formula is C12H11FN2O4. The predicted octanol–water partition coefficient (Wildman–Crippen LogP) is 0.933. The third-order valence-electron chi connectivity index (χ3n) is 2.09. The Morgan fingerprint density at radius 3 is 2.84 bits per heavy atom. The maximum atomic E-state index is 12.9. The second-order valence-electron chi connectivity index (χ2n) is 3.49. The van der Waals surface area contributed by atoms with E-state index in [1.807, 2.05) is 6.07 Å². The molecule has 1 aromatic rings. The molecule has 0 heterocycles. The van der Waals surface area contributed by atoms with Gasteiger partial charge in [-0.2, -0.15) is 5.26 Å². The van der Waals surface area contributed by atoms with Crippen molar-refractivity contribution in [3.8, 4) is 11.8 Å². The molecule has 0 saturated carbocycles. The van der Waals surface area contributed by atoms with Crippen LogP contribution in [0.1, 0.15) is 16.8 Å². The lowest BCUT2D eigenvalue weighted by atomic mass is 10.2. The Hall–Kier alpha value is -2.62. The van der Waals surface area contributed by atoms with E-state index >= 15 is 0 Å². The maximum absolute atomic E-state index is 12.9. The lowest BCUT2D eigenvalue weighted by Gasteiger charge is -2.09. The molecule has 0 spiro atoms. The standard InChI is InChI=1S/C12H11FN2O4/c13-8-2-3-10(9(6-8)12(17)18)19-7-11(16)15-5-1-4-14/h2-3,6H,1,5,7H2,(H,15,16)(H,17,18). The highest BCUT2D eigenvalue weighted by molar-refractivity contribution is 5.91. The molecule has 1 rings (SSSR count). The van der Waals surface area contributed by atoms with Crippen molar-refractivity contribution in [2.24, 2.45) is 0 Å². The third kappa shape index (κ3) is 4.63. The third-order valence-corrected chi connectivity index (χ3v) is 2.09. The zero-order valence-corrected chi connectivity index (χ0v) is 9.85. The fourth-order valence-electron chi connectivity index (χ4n) is 1.25. The van der Waals surface area contributed by atoms with Gasteiger partial charge in [-0.05, 0) is 18.2 Å². The van der Waals surface area contributed by atoms with Gasteiger partial charge < -0.3 is 15.2 Å². The first-order valence-electron chi connectivity index (χ1n) is 5.34. The molecule has 0 aliphatic carbocycles. The number of nitriles is 1. The van der Waals surface area contributed by atoms with Gasteiger partial charge in [0, 0.05) is 6.54 Å². The number of hydrogen-bond donors (Lipinski definition) is 2. The first-order valence-corrected chi connectivity index (χ1v) is 5.34. The van der Waals surface area contributed by atoms with E-state index in [0.717, 1.165) is 18.2 Å². The molecule has 0 aliphatic rings. The highest BCUT2D eigenvalue weighted by Crippen LogP contribution is 2.19. The van der Waals surface area contributed by atoms with Crippen LogP contribution in [0.25, 0.3) is 0 Å². The molecule has 6 nitrogen and oxygen atoms in total. The second kappa shape index (κ2) is 6.96. The van der Waals surface area contributed by atoms with Gasteiger partial charge in [-0.3, -0.25) is 4.79 Å². The number of carboxylic acids is 1. The van der Waals surface area contributed by atoms with E-state index in [-0.39, 0.29) is 24.3 Å². The highest BCUT2D eigenvalue weighted by Gasteiger charge is 2.13. The molecule has 0 unspecified atom stereocenters. The van der Waals surface area contributed by atoms with E-state index in [1.54, 1.807) is 0 Å². The molecule has 0 fully saturated rings. The van der Waals surface area contributed by atoms with Crippen molar-refractivity contribution >= 4 is 11.9 Å². The zero-order valence-electron chi connectivity index (χ0n) is 9.85. The van der Waals surface area contributed by atoms with Gasteiger partial charge in [-0.25, -0.2) is 9.18 Å². The van der Waals surface area contributed by atoms with Gasteiger partial charge in [-0.1, -0.05) is 0 Å². The van der Waals surface area contributed by atoms with Crippen LogP contribution in [0.15, 0.2) is 18.2 Å². The number of amides is 1. The molecular weight excluding hydrogens is 255 g/mol. The molecule has 0 bridgehead atoms. The van der Waals surface area contributed by atoms with Crippen LogP contribution in [-0.2, 0) is 4.79 Å². The van der Waals surface area contributed by atoms with Crippen LogP contribution in [0.5, 0.6) is 5.75 Å². The van der Waals surface area contributed by atoms with Crippen molar-refractivity contribution in [2.45, 2.75) is 6.42 Å². The van der Waals surface area contributed by atoms with Crippen LogP contribution in [-0.4, -0.2) is 30.1 Å². The normalized spacial score (nSPS) is 9.47. The summed E-state index contributed by atoms with van der Waals surface area (Å²) < 4.78 is 17.9. The Morgan fingerprint density at radius 1 is 1.47 bits per heavy atom. The quantitative estimate of drug-likeness (QED) is 0.746. The number of halogens is 1. The number of carboxylic acid groups (broad SMARTS) is 1. The summed E-state index contributed by atoms with van der Waals surface area (Å²) in [6.07, 6.45) is 0.169. The van der Waals surface area contributed by atoms with E-state index in [1.165, 1.54) is 0 Å². The Morgan fingerprint density at radius 2 is 2.21 bits per heavy atom. The molecule has 7 heteroatoms. The minimum Gasteiger partial charge on any atom is -0.483 e. The molecule has 0 aliphatic heterocycles. The van der Waals surface area contributed by atoms with Crippen molar-refractivity contribution in [3.05, 3.63) is 29.6 Å². The number of carbonyl (C=O) groups excluding carboxylic acids is 1. The number of hydrogen-bond acceptors (Lipinski definition) is 4. The van der Waals surface area contributed by atoms with Gasteiger partial charge in [0.15, 0.2) is 6.61 Å². The van der Waals surface area contributed by atoms with Crippen LogP contribution in [0, 0.1) is 17.1 Å². The molecule has 0 saturated heterocycles. The summed E-state index contributed by atoms with van der Waals surface area (Å²) in [5, 5.41) is 19.5. The van der Waals surface area contributed by atoms with E-state index in [0.29, 0.717) is 0 Å². The zero-order chi connectivity index (χ0) is 14.3. The summed E-state index contributed by atoms with van der Waals surface area (Å²) in [4.78, 5) is 22.1. The molecule has 0 radical (unpaired) electrons. The van der Waals surface area contributed by atoms with Gasteiger partial charge in [0.25, 0.3) is 5.91 Å². The second-order valence-corrected chi connectivity index (χ2v) is 3.49. The van der Waals surface area contributed by atoms with Crippen LogP contribution in [0.2, 0.25) is 0 Å². The summed E-state index contributed by atoms with van der Waals surface area (Å²) in [6.45, 7) is -0.217. The minimum absolute atomic E-state index is 0.0932. The lowest BCUT2D eigenvalue weighted by molar-refractivity contribution is -0.123. The molecule has 0 aromatic heterocycles. The van der Waals surface area contributed by atoms with Crippen molar-refractivity contribution in [3.63, 3.8) is 0 Å². The number of aromatic carboxylic acids is 1. The number of rotatable bonds is 6. The van der Waals surface area contributed by atoms with Crippen molar-refractivity contribution in [2.75, 3.05) is 13.2 Å². The van der Waals surface area contributed by atoms with Crippen LogP contribution in [0.4, 0.5) is 4.39 Å². The fraction of sp³-hybridized carbons (Fsp3) is 0.250. The van der Waals surface area contributed by atoms with Crippen molar-refractivity contribution in [1.82, 2.24) is 5.32 Å². The fourth-order valence-corrected chi connectivity index (χ4v) is 1.25. The molecule has 1 amide bonds. The number of ether oxygens (including phenoxy) is 1. The van der Waals surface area contributed by atoms with Gasteiger partial charge in [0.1, 0.15) is 17.1 Å². The highest BCUT2D eigenvalue weighted by atomic mass is 19.1. The van der Waals surface area contributed by atoms with Crippen LogP contribution < -0.4 is 10.1 Å². The van der Waals surface area contributed by atoms with Gasteiger partial charge in [0.05, 0.1) is 12.5 Å². The largest absolute Gasteiger partial charge is 0.483 e. The maximum Gasteiger partial charge on any atom is 0.339 e. The monoisotopic (exact) mass is 266 g/mol. The van der Waals surface area contributed by atoms with Crippen LogP contribution >= 0.6 is 0 Å².